The molecule has 22 heavy (non-hydrogen) atoms. The third-order valence-electron chi connectivity index (χ3n) is 5.57. The number of anilines is 1. The first-order valence-electron chi connectivity index (χ1n) is 8.13. The number of pyridine rings is 1. The van der Waals surface area contributed by atoms with E-state index < -0.39 is 0 Å². The van der Waals surface area contributed by atoms with E-state index in [0.717, 1.165) is 29.4 Å². The van der Waals surface area contributed by atoms with Gasteiger partial charge in [-0.15, -0.1) is 10.7 Å². The van der Waals surface area contributed by atoms with Crippen LogP contribution in [0.5, 0.6) is 0 Å². The Labute approximate surface area is 128 Å². The fraction of sp³-hybridized carbons (Fsp3) is 0.562. The predicted octanol–water partition coefficient (Wildman–Crippen LogP) is 2.86. The van der Waals surface area contributed by atoms with E-state index in [1.807, 2.05) is 23.3 Å². The number of hydrogen-bond donors (Lipinski definition) is 2. The van der Waals surface area contributed by atoms with Crippen LogP contribution in [0.2, 0.25) is 0 Å². The van der Waals surface area contributed by atoms with Gasteiger partial charge in [-0.1, -0.05) is 0 Å². The molecule has 1 atom stereocenters. The molecule has 2 N–H and O–H groups in total. The average molecular weight is 300 g/mol. The molecule has 2 bridgehead atoms. The SMILES string of the molecule is c1cc2nc(NN3C[C@]4(CC5CCC4CC5)ON3)ccc2o1. The quantitative estimate of drug-likeness (QED) is 0.889. The lowest BCUT2D eigenvalue weighted by atomic mass is 9.62. The van der Waals surface area contributed by atoms with E-state index in [1.54, 1.807) is 6.26 Å². The third kappa shape index (κ3) is 1.95. The summed E-state index contributed by atoms with van der Waals surface area (Å²) in [5.74, 6) is 2.32. The van der Waals surface area contributed by atoms with Gasteiger partial charge in [-0.25, -0.2) is 4.98 Å². The van der Waals surface area contributed by atoms with Gasteiger partial charge in [0.05, 0.1) is 12.8 Å². The number of hydrazine groups is 2. The first kappa shape index (κ1) is 12.9. The molecule has 0 radical (unpaired) electrons. The van der Waals surface area contributed by atoms with E-state index >= 15 is 0 Å². The summed E-state index contributed by atoms with van der Waals surface area (Å²) in [5, 5.41) is 1.93. The van der Waals surface area contributed by atoms with Gasteiger partial charge in [0, 0.05) is 6.07 Å². The molecule has 2 aromatic rings. The molecule has 3 aliphatic carbocycles. The van der Waals surface area contributed by atoms with Crippen molar-refractivity contribution in [2.75, 3.05) is 12.0 Å². The van der Waals surface area contributed by atoms with Gasteiger partial charge in [0.1, 0.15) is 16.9 Å². The monoisotopic (exact) mass is 300 g/mol. The highest BCUT2D eigenvalue weighted by Crippen LogP contribution is 2.50. The van der Waals surface area contributed by atoms with Crippen LogP contribution in [0, 0.1) is 11.8 Å². The molecular weight excluding hydrogens is 280 g/mol. The highest BCUT2D eigenvalue weighted by molar-refractivity contribution is 5.74. The molecule has 1 spiro atoms. The summed E-state index contributed by atoms with van der Waals surface area (Å²) < 4.78 is 5.32. The molecule has 4 aliphatic rings. The Morgan fingerprint density at radius 3 is 2.95 bits per heavy atom. The van der Waals surface area contributed by atoms with E-state index in [2.05, 4.69) is 16.0 Å². The Balaban J connectivity index is 1.33. The minimum absolute atomic E-state index is 0.0199. The summed E-state index contributed by atoms with van der Waals surface area (Å²) in [6.07, 6.45) is 8.20. The predicted molar refractivity (Wildman–Crippen MR) is 81.4 cm³/mol. The third-order valence-corrected chi connectivity index (χ3v) is 5.57. The lowest BCUT2D eigenvalue weighted by Crippen LogP contribution is -2.50. The maximum Gasteiger partial charge on any atom is 0.152 e. The summed E-state index contributed by atoms with van der Waals surface area (Å²) in [6, 6.07) is 5.72. The topological polar surface area (TPSA) is 62.6 Å². The fourth-order valence-electron chi connectivity index (χ4n) is 4.46. The van der Waals surface area contributed by atoms with Crippen molar-refractivity contribution in [1.82, 2.24) is 15.7 Å². The maximum absolute atomic E-state index is 6.04. The second kappa shape index (κ2) is 4.68. The van der Waals surface area contributed by atoms with Gasteiger partial charge in [0.15, 0.2) is 5.58 Å². The summed E-state index contributed by atoms with van der Waals surface area (Å²) >= 11 is 0. The lowest BCUT2D eigenvalue weighted by Gasteiger charge is -2.47. The molecule has 0 amide bonds. The molecule has 6 heteroatoms. The number of aromatic nitrogens is 1. The lowest BCUT2D eigenvalue weighted by molar-refractivity contribution is -0.146. The number of hydrogen-bond acceptors (Lipinski definition) is 6. The molecule has 1 saturated heterocycles. The van der Waals surface area contributed by atoms with Crippen molar-refractivity contribution in [1.29, 1.82) is 0 Å². The smallest absolute Gasteiger partial charge is 0.152 e. The van der Waals surface area contributed by atoms with Crippen LogP contribution in [0.15, 0.2) is 28.9 Å². The number of furan rings is 1. The number of fused-ring (bicyclic) bond motifs is 3. The van der Waals surface area contributed by atoms with Gasteiger partial charge in [0.25, 0.3) is 0 Å². The Morgan fingerprint density at radius 1 is 1.23 bits per heavy atom. The first-order valence-corrected chi connectivity index (χ1v) is 8.13. The van der Waals surface area contributed by atoms with Crippen molar-refractivity contribution >= 4 is 16.9 Å². The first-order chi connectivity index (χ1) is 10.8. The zero-order valence-corrected chi connectivity index (χ0v) is 12.4. The zero-order valence-electron chi connectivity index (χ0n) is 12.4. The molecule has 4 fully saturated rings. The van der Waals surface area contributed by atoms with E-state index in [0.29, 0.717) is 5.92 Å². The van der Waals surface area contributed by atoms with E-state index in [9.17, 15) is 0 Å². The Bertz CT molecular complexity index is 694. The Kier molecular flexibility index (Phi) is 2.74. The maximum atomic E-state index is 6.04. The average Bonchev–Trinajstić information content (AvgIpc) is 3.16. The van der Waals surface area contributed by atoms with Crippen LogP contribution in [-0.4, -0.2) is 22.2 Å². The Morgan fingerprint density at radius 2 is 2.14 bits per heavy atom. The van der Waals surface area contributed by atoms with Gasteiger partial charge < -0.3 is 4.42 Å². The van der Waals surface area contributed by atoms with Crippen molar-refractivity contribution in [2.45, 2.75) is 37.7 Å². The zero-order chi connectivity index (χ0) is 14.6. The van der Waals surface area contributed by atoms with Crippen molar-refractivity contribution < 1.29 is 9.25 Å². The standard InChI is InChI=1S/C16H20N4O2/c1-3-12-4-2-11(1)9-16(12)10-20(19-22-16)18-15-6-5-14-13(17-15)7-8-21-14/h5-8,11-12,19H,1-4,9-10H2,(H,17,18)/t11?,12?,16-/m0/s1. The molecule has 0 unspecified atom stereocenters. The minimum Gasteiger partial charge on any atom is -0.463 e. The van der Waals surface area contributed by atoms with Crippen molar-refractivity contribution in [3.63, 3.8) is 0 Å². The number of rotatable bonds is 2. The van der Waals surface area contributed by atoms with E-state index in [1.165, 1.54) is 32.1 Å². The fourth-order valence-corrected chi connectivity index (χ4v) is 4.46. The van der Waals surface area contributed by atoms with Crippen LogP contribution < -0.4 is 11.0 Å². The van der Waals surface area contributed by atoms with Crippen molar-refractivity contribution in [2.24, 2.45) is 11.8 Å². The second-order valence-corrected chi connectivity index (χ2v) is 6.88. The van der Waals surface area contributed by atoms with Crippen molar-refractivity contribution in [3.8, 4) is 0 Å². The summed E-state index contributed by atoms with van der Waals surface area (Å²) in [7, 11) is 0. The molecular formula is C16H20N4O2. The van der Waals surface area contributed by atoms with Crippen LogP contribution in [0.4, 0.5) is 5.82 Å². The highest BCUT2D eigenvalue weighted by atomic mass is 16.7. The van der Waals surface area contributed by atoms with Gasteiger partial charge in [0.2, 0.25) is 0 Å². The van der Waals surface area contributed by atoms with Crippen LogP contribution in [-0.2, 0) is 4.84 Å². The van der Waals surface area contributed by atoms with Gasteiger partial charge in [-0.05, 0) is 56.1 Å². The molecule has 3 heterocycles. The molecule has 2 aromatic heterocycles. The summed E-state index contributed by atoms with van der Waals surface area (Å²) in [5.41, 5.74) is 7.99. The normalized spacial score (nSPS) is 34.7. The van der Waals surface area contributed by atoms with E-state index in [4.69, 9.17) is 9.25 Å². The van der Waals surface area contributed by atoms with E-state index in [-0.39, 0.29) is 5.60 Å². The van der Waals surface area contributed by atoms with Crippen LogP contribution in [0.3, 0.4) is 0 Å². The van der Waals surface area contributed by atoms with Gasteiger partial charge in [-0.2, -0.15) is 0 Å². The molecule has 3 saturated carbocycles. The summed E-state index contributed by atoms with van der Waals surface area (Å²) in [6.45, 7) is 0.860. The van der Waals surface area contributed by atoms with Crippen LogP contribution in [0.1, 0.15) is 32.1 Å². The molecule has 1 aliphatic heterocycles. The number of nitrogens with one attached hydrogen (secondary N) is 2. The van der Waals surface area contributed by atoms with Crippen LogP contribution in [0.25, 0.3) is 11.1 Å². The summed E-state index contributed by atoms with van der Waals surface area (Å²) in [4.78, 5) is 10.6. The molecule has 6 rings (SSSR count). The largest absolute Gasteiger partial charge is 0.463 e. The second-order valence-electron chi connectivity index (χ2n) is 6.88. The van der Waals surface area contributed by atoms with Gasteiger partial charge >= 0.3 is 0 Å². The highest BCUT2D eigenvalue weighted by Gasteiger charge is 2.53. The molecule has 116 valence electrons. The minimum atomic E-state index is -0.0199. The molecule has 6 nitrogen and oxygen atoms in total. The van der Waals surface area contributed by atoms with Gasteiger partial charge in [-0.3, -0.25) is 10.3 Å². The number of nitrogens with zero attached hydrogens (tertiary/aromatic N) is 2. The Hall–Kier alpha value is -1.63. The molecule has 0 aromatic carbocycles. The van der Waals surface area contributed by atoms with Crippen LogP contribution >= 0.6 is 0 Å². The van der Waals surface area contributed by atoms with Crippen molar-refractivity contribution in [3.05, 3.63) is 24.5 Å².